The third-order valence-corrected chi connectivity index (χ3v) is 3.46. The Morgan fingerprint density at radius 2 is 2.24 bits per heavy atom. The van der Waals surface area contributed by atoms with Crippen LogP contribution in [0.4, 0.5) is 0 Å². The molecule has 0 spiro atoms. The first kappa shape index (κ1) is 12.4. The molecule has 4 nitrogen and oxygen atoms in total. The summed E-state index contributed by atoms with van der Waals surface area (Å²) in [5, 5.41) is 0.756. The fraction of sp³-hybridized carbons (Fsp3) is 0.500. The number of rotatable bonds is 4. The molecule has 0 bridgehead atoms. The lowest BCUT2D eigenvalue weighted by atomic mass is 9.91. The van der Waals surface area contributed by atoms with Crippen LogP contribution in [0.25, 0.3) is 0 Å². The standard InChI is InChI=1S/C12H15BrN2O2/c13-7-8-15(9-3-1-4-9)12(17)10-5-2-6-11(16)14-10/h2,5-6,9H,1,3-4,7-8H2,(H,14,16). The highest BCUT2D eigenvalue weighted by molar-refractivity contribution is 9.09. The Balaban J connectivity index is 2.18. The number of alkyl halides is 1. The second kappa shape index (κ2) is 5.49. The van der Waals surface area contributed by atoms with Crippen LogP contribution in [0.3, 0.4) is 0 Å². The minimum absolute atomic E-state index is 0.0770. The third-order valence-electron chi connectivity index (χ3n) is 3.10. The molecule has 0 unspecified atom stereocenters. The molecular formula is C12H15BrN2O2. The van der Waals surface area contributed by atoms with Gasteiger partial charge in [-0.05, 0) is 25.3 Å². The van der Waals surface area contributed by atoms with Crippen LogP contribution in [0, 0.1) is 0 Å². The lowest BCUT2D eigenvalue weighted by Gasteiger charge is -2.37. The van der Waals surface area contributed by atoms with E-state index in [0.717, 1.165) is 18.2 Å². The van der Waals surface area contributed by atoms with Gasteiger partial charge >= 0.3 is 0 Å². The molecule has 0 atom stereocenters. The van der Waals surface area contributed by atoms with E-state index in [4.69, 9.17) is 0 Å². The number of hydrogen-bond donors (Lipinski definition) is 1. The van der Waals surface area contributed by atoms with Crippen molar-refractivity contribution in [1.29, 1.82) is 0 Å². The number of aromatic amines is 1. The molecule has 1 saturated carbocycles. The Morgan fingerprint density at radius 3 is 2.76 bits per heavy atom. The number of aromatic nitrogens is 1. The topological polar surface area (TPSA) is 53.2 Å². The third kappa shape index (κ3) is 2.77. The number of H-pyrrole nitrogens is 1. The SMILES string of the molecule is O=C(c1cccc(=O)[nH]1)N(CCBr)C1CCC1. The molecule has 1 N–H and O–H groups in total. The van der Waals surface area contributed by atoms with E-state index in [2.05, 4.69) is 20.9 Å². The van der Waals surface area contributed by atoms with Gasteiger partial charge in [0.2, 0.25) is 5.56 Å². The predicted octanol–water partition coefficient (Wildman–Crippen LogP) is 1.76. The molecule has 0 radical (unpaired) electrons. The molecule has 17 heavy (non-hydrogen) atoms. The normalized spacial score (nSPS) is 15.4. The van der Waals surface area contributed by atoms with Gasteiger partial charge in [0.15, 0.2) is 0 Å². The summed E-state index contributed by atoms with van der Waals surface area (Å²) in [6, 6.07) is 5.02. The first-order chi connectivity index (χ1) is 8.22. The summed E-state index contributed by atoms with van der Waals surface area (Å²) in [5.41, 5.74) is 0.147. The van der Waals surface area contributed by atoms with Gasteiger partial charge in [-0.1, -0.05) is 22.0 Å². The molecule has 1 fully saturated rings. The molecule has 1 heterocycles. The monoisotopic (exact) mass is 298 g/mol. The van der Waals surface area contributed by atoms with Crippen molar-refractivity contribution in [2.24, 2.45) is 0 Å². The number of amides is 1. The van der Waals surface area contributed by atoms with E-state index in [1.165, 1.54) is 12.5 Å². The van der Waals surface area contributed by atoms with E-state index in [-0.39, 0.29) is 11.5 Å². The molecular weight excluding hydrogens is 284 g/mol. The largest absolute Gasteiger partial charge is 0.334 e. The zero-order valence-corrected chi connectivity index (χ0v) is 11.1. The van der Waals surface area contributed by atoms with Gasteiger partial charge in [0.05, 0.1) is 0 Å². The number of hydrogen-bond acceptors (Lipinski definition) is 2. The number of pyridine rings is 1. The predicted molar refractivity (Wildman–Crippen MR) is 69.5 cm³/mol. The molecule has 1 aliphatic carbocycles. The van der Waals surface area contributed by atoms with Crippen LogP contribution in [0.1, 0.15) is 29.8 Å². The number of carbonyl (C=O) groups is 1. The Kier molecular flexibility index (Phi) is 3.99. The number of nitrogens with zero attached hydrogens (tertiary/aromatic N) is 1. The van der Waals surface area contributed by atoms with Gasteiger partial charge in [0, 0.05) is 24.0 Å². The number of nitrogens with one attached hydrogen (secondary N) is 1. The molecule has 92 valence electrons. The summed E-state index contributed by atoms with van der Waals surface area (Å²) in [6.07, 6.45) is 3.31. The van der Waals surface area contributed by atoms with Crippen molar-refractivity contribution in [3.8, 4) is 0 Å². The summed E-state index contributed by atoms with van der Waals surface area (Å²) < 4.78 is 0. The summed E-state index contributed by atoms with van der Waals surface area (Å²) in [7, 11) is 0. The smallest absolute Gasteiger partial charge is 0.270 e. The Labute approximate surface area is 108 Å². The van der Waals surface area contributed by atoms with Crippen molar-refractivity contribution in [3.05, 3.63) is 34.2 Å². The van der Waals surface area contributed by atoms with Crippen LogP contribution in [0.2, 0.25) is 0 Å². The van der Waals surface area contributed by atoms with Crippen molar-refractivity contribution in [3.63, 3.8) is 0 Å². The summed E-state index contributed by atoms with van der Waals surface area (Å²) in [6.45, 7) is 0.681. The highest BCUT2D eigenvalue weighted by Gasteiger charge is 2.29. The van der Waals surface area contributed by atoms with Crippen LogP contribution in [0.5, 0.6) is 0 Å². The van der Waals surface area contributed by atoms with E-state index in [0.29, 0.717) is 18.3 Å². The maximum absolute atomic E-state index is 12.3. The fourth-order valence-electron chi connectivity index (χ4n) is 1.97. The number of carbonyl (C=O) groups excluding carboxylic acids is 1. The van der Waals surface area contributed by atoms with E-state index in [9.17, 15) is 9.59 Å². The van der Waals surface area contributed by atoms with Crippen molar-refractivity contribution >= 4 is 21.8 Å². The van der Waals surface area contributed by atoms with Crippen molar-refractivity contribution < 1.29 is 4.79 Å². The quantitative estimate of drug-likeness (QED) is 0.861. The number of halogens is 1. The summed E-state index contributed by atoms with van der Waals surface area (Å²) in [4.78, 5) is 27.9. The average Bonchev–Trinajstić information content (AvgIpc) is 2.25. The molecule has 2 rings (SSSR count). The highest BCUT2D eigenvalue weighted by atomic mass is 79.9. The summed E-state index contributed by atoms with van der Waals surface area (Å²) in [5.74, 6) is -0.0770. The van der Waals surface area contributed by atoms with Crippen molar-refractivity contribution in [2.45, 2.75) is 25.3 Å². The van der Waals surface area contributed by atoms with Crippen LogP contribution < -0.4 is 5.56 Å². The van der Waals surface area contributed by atoms with Crippen LogP contribution >= 0.6 is 15.9 Å². The van der Waals surface area contributed by atoms with Gasteiger partial charge in [0.25, 0.3) is 5.91 Å². The molecule has 1 aromatic rings. The first-order valence-corrected chi connectivity index (χ1v) is 6.91. The second-order valence-electron chi connectivity index (χ2n) is 4.20. The van der Waals surface area contributed by atoms with Crippen LogP contribution in [-0.4, -0.2) is 33.7 Å². The summed E-state index contributed by atoms with van der Waals surface area (Å²) >= 11 is 3.36. The molecule has 1 aromatic heterocycles. The Morgan fingerprint density at radius 1 is 1.47 bits per heavy atom. The van der Waals surface area contributed by atoms with E-state index >= 15 is 0 Å². The molecule has 0 aromatic carbocycles. The average molecular weight is 299 g/mol. The molecule has 0 aliphatic heterocycles. The molecule has 1 aliphatic rings. The zero-order chi connectivity index (χ0) is 12.3. The van der Waals surface area contributed by atoms with E-state index < -0.39 is 0 Å². The van der Waals surface area contributed by atoms with Crippen LogP contribution in [-0.2, 0) is 0 Å². The zero-order valence-electron chi connectivity index (χ0n) is 9.49. The second-order valence-corrected chi connectivity index (χ2v) is 4.99. The Bertz CT molecular complexity index is 454. The van der Waals surface area contributed by atoms with Gasteiger partial charge < -0.3 is 9.88 Å². The van der Waals surface area contributed by atoms with Crippen molar-refractivity contribution in [2.75, 3.05) is 11.9 Å². The van der Waals surface area contributed by atoms with Gasteiger partial charge in [-0.3, -0.25) is 9.59 Å². The highest BCUT2D eigenvalue weighted by Crippen LogP contribution is 2.25. The van der Waals surface area contributed by atoms with E-state index in [1.807, 2.05) is 4.90 Å². The van der Waals surface area contributed by atoms with Crippen molar-refractivity contribution in [1.82, 2.24) is 9.88 Å². The van der Waals surface area contributed by atoms with Crippen LogP contribution in [0.15, 0.2) is 23.0 Å². The first-order valence-electron chi connectivity index (χ1n) is 5.78. The van der Waals surface area contributed by atoms with Gasteiger partial charge in [0.1, 0.15) is 5.69 Å². The molecule has 1 amide bonds. The fourth-order valence-corrected chi connectivity index (χ4v) is 2.35. The molecule has 0 saturated heterocycles. The maximum atomic E-state index is 12.3. The van der Waals surface area contributed by atoms with Gasteiger partial charge in [-0.25, -0.2) is 0 Å². The lowest BCUT2D eigenvalue weighted by molar-refractivity contribution is 0.0593. The maximum Gasteiger partial charge on any atom is 0.270 e. The Hall–Kier alpha value is -1.10. The minimum Gasteiger partial charge on any atom is -0.334 e. The lowest BCUT2D eigenvalue weighted by Crippen LogP contribution is -2.45. The van der Waals surface area contributed by atoms with Gasteiger partial charge in [-0.15, -0.1) is 0 Å². The minimum atomic E-state index is -0.233. The van der Waals surface area contributed by atoms with Gasteiger partial charge in [-0.2, -0.15) is 0 Å². The van der Waals surface area contributed by atoms with E-state index in [1.54, 1.807) is 12.1 Å². The molecule has 5 heteroatoms.